The predicted octanol–water partition coefficient (Wildman–Crippen LogP) is 4.71. The fourth-order valence-electron chi connectivity index (χ4n) is 5.18. The zero-order valence-electron chi connectivity index (χ0n) is 21.5. The number of nitrogens with one attached hydrogen (secondary N) is 1. The van der Waals surface area contributed by atoms with Crippen molar-refractivity contribution in [1.82, 2.24) is 9.62 Å². The first-order valence-corrected chi connectivity index (χ1v) is 14.4. The quantitative estimate of drug-likeness (QED) is 0.300. The van der Waals surface area contributed by atoms with Crippen molar-refractivity contribution in [3.05, 3.63) is 34.4 Å². The number of aliphatic imine (C=N–C) groups is 1. The third kappa shape index (κ3) is 7.30. The van der Waals surface area contributed by atoms with Gasteiger partial charge in [-0.25, -0.2) is 4.79 Å². The first-order chi connectivity index (χ1) is 16.8. The number of rotatable bonds is 13. The standard InChI is InChI=1S/C27H41N3O4S/c1-4-5-6-7-8-9-10-11-24-28-26(33)27(29-24)13-15-30(16-14-27)35(34)17-12-23-20(2)18-22(25(31)32)19-21(23)3/h18-19H,4-17H2,1-3H3,(H,31,32)(H,28,29,33)/t35-/m0/s1. The first kappa shape index (κ1) is 27.7. The summed E-state index contributed by atoms with van der Waals surface area (Å²) >= 11 is -1.15. The summed E-state index contributed by atoms with van der Waals surface area (Å²) in [6.07, 6.45) is 11.3. The van der Waals surface area contributed by atoms with E-state index >= 15 is 0 Å². The fraction of sp³-hybridized carbons (Fsp3) is 0.667. The molecule has 0 radical (unpaired) electrons. The van der Waals surface area contributed by atoms with Crippen molar-refractivity contribution in [1.29, 1.82) is 0 Å². The van der Waals surface area contributed by atoms with Crippen LogP contribution in [-0.4, -0.2) is 56.1 Å². The minimum absolute atomic E-state index is 0.00523. The van der Waals surface area contributed by atoms with Crippen LogP contribution in [0, 0.1) is 13.8 Å². The summed E-state index contributed by atoms with van der Waals surface area (Å²) in [6.45, 7) is 7.21. The number of benzene rings is 1. The largest absolute Gasteiger partial charge is 0.598 e. The number of unbranched alkanes of at least 4 members (excludes halogenated alkanes) is 6. The van der Waals surface area contributed by atoms with E-state index in [1.165, 1.54) is 38.5 Å². The molecule has 1 atom stereocenters. The molecule has 2 N–H and O–H groups in total. The summed E-state index contributed by atoms with van der Waals surface area (Å²) in [4.78, 5) is 28.8. The van der Waals surface area contributed by atoms with Crippen molar-refractivity contribution in [2.75, 3.05) is 18.8 Å². The molecule has 8 heteroatoms. The summed E-state index contributed by atoms with van der Waals surface area (Å²) in [6, 6.07) is 3.36. The second-order valence-electron chi connectivity index (χ2n) is 10.0. The van der Waals surface area contributed by atoms with Gasteiger partial charge in [0.1, 0.15) is 17.1 Å². The fourth-order valence-corrected chi connectivity index (χ4v) is 6.41. The molecule has 0 bridgehead atoms. The molecule has 0 aliphatic carbocycles. The van der Waals surface area contributed by atoms with Crippen molar-refractivity contribution < 1.29 is 19.2 Å². The lowest BCUT2D eigenvalue weighted by atomic mass is 9.89. The molecule has 7 nitrogen and oxygen atoms in total. The van der Waals surface area contributed by atoms with Crippen LogP contribution in [0.15, 0.2) is 17.1 Å². The number of amidine groups is 1. The van der Waals surface area contributed by atoms with Gasteiger partial charge < -0.3 is 15.0 Å². The molecular formula is C27H41N3O4S. The number of aryl methyl sites for hydroxylation is 2. The van der Waals surface area contributed by atoms with Crippen LogP contribution < -0.4 is 5.32 Å². The molecule has 3 rings (SSSR count). The highest BCUT2D eigenvalue weighted by atomic mass is 32.2. The number of amides is 1. The molecule has 194 valence electrons. The number of carboxylic acid groups (broad SMARTS) is 1. The van der Waals surface area contributed by atoms with Crippen molar-refractivity contribution in [3.8, 4) is 0 Å². The lowest BCUT2D eigenvalue weighted by Crippen LogP contribution is -2.50. The minimum atomic E-state index is -1.15. The molecule has 1 aromatic rings. The SMILES string of the molecule is CCCCCCCCCC1=NC2(CCN([S@@+]([O-])CCc3c(C)cc(C(=O)O)cc3C)CC2)C(=O)N1. The van der Waals surface area contributed by atoms with E-state index < -0.39 is 22.9 Å². The van der Waals surface area contributed by atoms with Crippen LogP contribution in [-0.2, 0) is 22.6 Å². The van der Waals surface area contributed by atoms with Gasteiger partial charge in [0.15, 0.2) is 0 Å². The van der Waals surface area contributed by atoms with E-state index in [4.69, 9.17) is 4.99 Å². The highest BCUT2D eigenvalue weighted by molar-refractivity contribution is 7.89. The van der Waals surface area contributed by atoms with Gasteiger partial charge in [0.25, 0.3) is 5.91 Å². The number of carboxylic acids is 1. The zero-order valence-corrected chi connectivity index (χ0v) is 22.3. The Morgan fingerprint density at radius 2 is 1.69 bits per heavy atom. The van der Waals surface area contributed by atoms with Gasteiger partial charge in [0, 0.05) is 37.3 Å². The summed E-state index contributed by atoms with van der Waals surface area (Å²) in [5.74, 6) is 0.386. The van der Waals surface area contributed by atoms with Gasteiger partial charge in [-0.05, 0) is 61.9 Å². The molecule has 35 heavy (non-hydrogen) atoms. The van der Waals surface area contributed by atoms with Crippen molar-refractivity contribution in [2.45, 2.75) is 96.9 Å². The molecule has 2 aliphatic rings. The van der Waals surface area contributed by atoms with Gasteiger partial charge in [0.2, 0.25) is 0 Å². The first-order valence-electron chi connectivity index (χ1n) is 13.1. The Labute approximate surface area is 213 Å². The Hall–Kier alpha value is -1.90. The molecule has 0 unspecified atom stereocenters. The molecule has 0 saturated carbocycles. The Morgan fingerprint density at radius 1 is 1.09 bits per heavy atom. The highest BCUT2D eigenvalue weighted by Gasteiger charge is 2.47. The number of carbonyl (C=O) groups is 2. The van der Waals surface area contributed by atoms with E-state index in [0.717, 1.165) is 35.4 Å². The molecule has 1 aromatic carbocycles. The number of nitrogens with zero attached hydrogens (tertiary/aromatic N) is 2. The Balaban J connectivity index is 1.45. The van der Waals surface area contributed by atoms with Crippen LogP contribution in [0.25, 0.3) is 0 Å². The maximum atomic E-state index is 13.0. The van der Waals surface area contributed by atoms with E-state index in [9.17, 15) is 19.2 Å². The molecule has 1 amide bonds. The number of aromatic carboxylic acids is 1. The topological polar surface area (TPSA) is 105 Å². The second-order valence-corrected chi connectivity index (χ2v) is 11.6. The van der Waals surface area contributed by atoms with Crippen LogP contribution in [0.4, 0.5) is 0 Å². The smallest absolute Gasteiger partial charge is 0.335 e. The van der Waals surface area contributed by atoms with E-state index in [-0.39, 0.29) is 11.5 Å². The summed E-state index contributed by atoms with van der Waals surface area (Å²) < 4.78 is 15.0. The highest BCUT2D eigenvalue weighted by Crippen LogP contribution is 2.32. The molecule has 2 aliphatic heterocycles. The maximum absolute atomic E-state index is 13.0. The van der Waals surface area contributed by atoms with Crippen LogP contribution in [0.3, 0.4) is 0 Å². The molecule has 1 spiro atoms. The maximum Gasteiger partial charge on any atom is 0.335 e. The monoisotopic (exact) mass is 503 g/mol. The van der Waals surface area contributed by atoms with Crippen LogP contribution in [0.1, 0.15) is 98.2 Å². The lowest BCUT2D eigenvalue weighted by Gasteiger charge is -2.35. The minimum Gasteiger partial charge on any atom is -0.598 e. The van der Waals surface area contributed by atoms with Crippen molar-refractivity contribution >= 4 is 29.1 Å². The summed E-state index contributed by atoms with van der Waals surface area (Å²) in [7, 11) is 0. The predicted molar refractivity (Wildman–Crippen MR) is 141 cm³/mol. The van der Waals surface area contributed by atoms with Gasteiger partial charge in [-0.3, -0.25) is 9.79 Å². The second kappa shape index (κ2) is 12.9. The molecule has 0 aromatic heterocycles. The van der Waals surface area contributed by atoms with Gasteiger partial charge in [-0.2, -0.15) is 0 Å². The molecule has 1 fully saturated rings. The third-order valence-electron chi connectivity index (χ3n) is 7.35. The summed E-state index contributed by atoms with van der Waals surface area (Å²) in [5.41, 5.74) is 2.50. The van der Waals surface area contributed by atoms with Crippen molar-refractivity contribution in [2.24, 2.45) is 4.99 Å². The van der Waals surface area contributed by atoms with Crippen molar-refractivity contribution in [3.63, 3.8) is 0 Å². The normalized spacial score (nSPS) is 18.5. The Kier molecular flexibility index (Phi) is 10.2. The number of piperidine rings is 1. The van der Waals surface area contributed by atoms with Crippen LogP contribution >= 0.6 is 0 Å². The Morgan fingerprint density at radius 3 is 2.29 bits per heavy atom. The van der Waals surface area contributed by atoms with Gasteiger partial charge in [-0.1, -0.05) is 45.4 Å². The molecule has 2 heterocycles. The number of hydrogen-bond acceptors (Lipinski definition) is 5. The zero-order chi connectivity index (χ0) is 25.4. The van der Waals surface area contributed by atoms with Gasteiger partial charge in [0.05, 0.1) is 5.56 Å². The third-order valence-corrected chi connectivity index (χ3v) is 8.85. The van der Waals surface area contributed by atoms with E-state index in [1.807, 2.05) is 18.2 Å². The average molecular weight is 504 g/mol. The molecule has 1 saturated heterocycles. The van der Waals surface area contributed by atoms with Gasteiger partial charge >= 0.3 is 5.97 Å². The average Bonchev–Trinajstić information content (AvgIpc) is 3.12. The summed E-state index contributed by atoms with van der Waals surface area (Å²) in [5, 5.41) is 12.2. The molecular weight excluding hydrogens is 462 g/mol. The van der Waals surface area contributed by atoms with Gasteiger partial charge in [-0.15, -0.1) is 4.31 Å². The van der Waals surface area contributed by atoms with E-state index in [1.54, 1.807) is 12.1 Å². The number of hydrogen-bond donors (Lipinski definition) is 2. The van der Waals surface area contributed by atoms with E-state index in [0.29, 0.717) is 38.1 Å². The van der Waals surface area contributed by atoms with Crippen LogP contribution in [0.5, 0.6) is 0 Å². The Bertz CT molecular complexity index is 902. The number of carbonyl (C=O) groups excluding carboxylic acids is 1. The lowest BCUT2D eigenvalue weighted by molar-refractivity contribution is -0.124. The van der Waals surface area contributed by atoms with Crippen LogP contribution in [0.2, 0.25) is 0 Å². The van der Waals surface area contributed by atoms with E-state index in [2.05, 4.69) is 12.2 Å².